The Bertz CT molecular complexity index is 212. The molecule has 0 aromatic heterocycles. The Hall–Kier alpha value is -0.460. The fourth-order valence-corrected chi connectivity index (χ4v) is 1.05. The van der Waals surface area contributed by atoms with Gasteiger partial charge in [0, 0.05) is 0 Å². The molecule has 0 aromatic rings. The molecule has 72 valence electrons. The lowest BCUT2D eigenvalue weighted by Crippen LogP contribution is -2.41. The van der Waals surface area contributed by atoms with Gasteiger partial charge in [0.15, 0.2) is 0 Å². The molecule has 0 aromatic carbocycles. The van der Waals surface area contributed by atoms with Crippen molar-refractivity contribution in [3.8, 4) is 0 Å². The molecular weight excluding hydrogens is 189 g/mol. The fraction of sp³-hybridized carbons (Fsp3) is 0.750. The minimum Gasteiger partial charge on any atom is -0.480 e. The van der Waals surface area contributed by atoms with E-state index in [1.54, 1.807) is 0 Å². The zero-order valence-electron chi connectivity index (χ0n) is 6.25. The highest BCUT2D eigenvalue weighted by Crippen LogP contribution is 2.37. The first-order valence-electron chi connectivity index (χ1n) is 2.96. The van der Waals surface area contributed by atoms with E-state index in [1.807, 2.05) is 0 Å². The van der Waals surface area contributed by atoms with Crippen molar-refractivity contribution in [3.05, 3.63) is 0 Å². The highest BCUT2D eigenvalue weighted by atomic mass is 31.2. The molecule has 12 heavy (non-hydrogen) atoms. The Labute approximate surface area is 68.4 Å². The lowest BCUT2D eigenvalue weighted by molar-refractivity contribution is -0.140. The van der Waals surface area contributed by atoms with Gasteiger partial charge in [0.05, 0.1) is 6.10 Å². The van der Waals surface area contributed by atoms with E-state index in [0.717, 1.165) is 6.92 Å². The van der Waals surface area contributed by atoms with E-state index in [9.17, 15) is 9.36 Å². The van der Waals surface area contributed by atoms with E-state index in [0.29, 0.717) is 0 Å². The van der Waals surface area contributed by atoms with Crippen LogP contribution in [-0.4, -0.2) is 33.0 Å². The zero-order chi connectivity index (χ0) is 9.94. The van der Waals surface area contributed by atoms with Crippen molar-refractivity contribution in [1.29, 1.82) is 0 Å². The first-order valence-corrected chi connectivity index (χ1v) is 4.49. The second kappa shape index (κ2) is 3.97. The summed E-state index contributed by atoms with van der Waals surface area (Å²) in [6.45, 7) is 1.16. The van der Waals surface area contributed by atoms with Gasteiger partial charge in [0.2, 0.25) is 0 Å². The van der Waals surface area contributed by atoms with Crippen molar-refractivity contribution in [1.82, 2.24) is 0 Å². The number of phosphoric acid groups is 1. The summed E-state index contributed by atoms with van der Waals surface area (Å²) in [7, 11) is -4.66. The predicted molar refractivity (Wildman–Crippen MR) is 38.2 cm³/mol. The second-order valence-corrected chi connectivity index (χ2v) is 3.36. The number of aliphatic carboxylic acids is 1. The first-order chi connectivity index (χ1) is 5.24. The second-order valence-electron chi connectivity index (χ2n) is 2.17. The van der Waals surface area contributed by atoms with Gasteiger partial charge in [0.25, 0.3) is 0 Å². The average Bonchev–Trinajstić information content (AvgIpc) is 1.82. The molecule has 0 saturated carbocycles. The maximum Gasteiger partial charge on any atom is 0.469 e. The molecular formula is C4H10NO6P. The van der Waals surface area contributed by atoms with Crippen LogP contribution < -0.4 is 5.73 Å². The van der Waals surface area contributed by atoms with Gasteiger partial charge in [-0.25, -0.2) is 4.57 Å². The number of rotatable bonds is 4. The molecule has 0 heterocycles. The van der Waals surface area contributed by atoms with E-state index < -0.39 is 25.9 Å². The van der Waals surface area contributed by atoms with Gasteiger partial charge < -0.3 is 20.6 Å². The average molecular weight is 199 g/mol. The molecule has 5 N–H and O–H groups in total. The van der Waals surface area contributed by atoms with Gasteiger partial charge in [-0.15, -0.1) is 0 Å². The SMILES string of the molecule is CC(OP(=O)(O)O)[C@@H](N)C(=O)O. The third-order valence-corrected chi connectivity index (χ3v) is 1.70. The molecule has 0 rings (SSSR count). The lowest BCUT2D eigenvalue weighted by Gasteiger charge is -2.16. The molecule has 2 atom stereocenters. The Morgan fingerprint density at radius 1 is 1.58 bits per heavy atom. The summed E-state index contributed by atoms with van der Waals surface area (Å²) in [4.78, 5) is 26.7. The van der Waals surface area contributed by atoms with Crippen molar-refractivity contribution in [2.75, 3.05) is 0 Å². The van der Waals surface area contributed by atoms with Gasteiger partial charge in [-0.05, 0) is 6.92 Å². The maximum atomic E-state index is 10.2. The zero-order valence-corrected chi connectivity index (χ0v) is 7.14. The first kappa shape index (κ1) is 11.5. The summed E-state index contributed by atoms with van der Waals surface area (Å²) < 4.78 is 14.2. The summed E-state index contributed by atoms with van der Waals surface area (Å²) in [6, 6.07) is -1.45. The van der Waals surface area contributed by atoms with Crippen LogP contribution in [0.5, 0.6) is 0 Å². The minimum atomic E-state index is -4.66. The lowest BCUT2D eigenvalue weighted by atomic mass is 10.2. The number of carboxylic acid groups (broad SMARTS) is 1. The molecule has 0 bridgehead atoms. The van der Waals surface area contributed by atoms with Crippen LogP contribution >= 0.6 is 7.82 Å². The normalized spacial score (nSPS) is 17.0. The smallest absolute Gasteiger partial charge is 0.469 e. The Balaban J connectivity index is 4.13. The third-order valence-electron chi connectivity index (χ3n) is 1.09. The highest BCUT2D eigenvalue weighted by Gasteiger charge is 2.27. The maximum absolute atomic E-state index is 10.2. The Kier molecular flexibility index (Phi) is 3.82. The molecule has 0 saturated heterocycles. The van der Waals surface area contributed by atoms with Crippen LogP contribution in [0.3, 0.4) is 0 Å². The van der Waals surface area contributed by atoms with E-state index in [-0.39, 0.29) is 0 Å². The van der Waals surface area contributed by atoms with Crippen LogP contribution in [0.2, 0.25) is 0 Å². The molecule has 0 radical (unpaired) electrons. The molecule has 0 amide bonds. The van der Waals surface area contributed by atoms with Crippen LogP contribution in [0.1, 0.15) is 6.92 Å². The van der Waals surface area contributed by atoms with Crippen LogP contribution in [0, 0.1) is 0 Å². The van der Waals surface area contributed by atoms with Crippen molar-refractivity contribution >= 4 is 13.8 Å². The van der Waals surface area contributed by atoms with E-state index in [1.165, 1.54) is 0 Å². The van der Waals surface area contributed by atoms with Crippen molar-refractivity contribution in [2.45, 2.75) is 19.1 Å². The minimum absolute atomic E-state index is 1.16. The fourth-order valence-electron chi connectivity index (χ4n) is 0.483. The largest absolute Gasteiger partial charge is 0.480 e. The number of nitrogens with two attached hydrogens (primary N) is 1. The topological polar surface area (TPSA) is 130 Å². The van der Waals surface area contributed by atoms with Gasteiger partial charge in [-0.3, -0.25) is 9.32 Å². The number of phosphoric ester groups is 1. The van der Waals surface area contributed by atoms with E-state index in [2.05, 4.69) is 4.52 Å². The van der Waals surface area contributed by atoms with Gasteiger partial charge in [-0.2, -0.15) is 0 Å². The Morgan fingerprint density at radius 3 is 2.25 bits per heavy atom. The van der Waals surface area contributed by atoms with Gasteiger partial charge >= 0.3 is 13.8 Å². The summed E-state index contributed by atoms with van der Waals surface area (Å²) in [5.74, 6) is -1.38. The molecule has 8 heteroatoms. The van der Waals surface area contributed by atoms with Crippen LogP contribution in [0.25, 0.3) is 0 Å². The van der Waals surface area contributed by atoms with Gasteiger partial charge in [-0.1, -0.05) is 0 Å². The van der Waals surface area contributed by atoms with E-state index >= 15 is 0 Å². The highest BCUT2D eigenvalue weighted by molar-refractivity contribution is 7.46. The third kappa shape index (κ3) is 4.42. The molecule has 0 aliphatic heterocycles. The van der Waals surface area contributed by atoms with Crippen LogP contribution in [-0.2, 0) is 13.9 Å². The van der Waals surface area contributed by atoms with Crippen molar-refractivity contribution in [2.24, 2.45) is 5.73 Å². The molecule has 1 unspecified atom stereocenters. The summed E-state index contributed by atoms with van der Waals surface area (Å²) in [5, 5.41) is 8.29. The number of hydrogen-bond acceptors (Lipinski definition) is 4. The molecule has 7 nitrogen and oxygen atoms in total. The molecule has 0 aliphatic rings. The Morgan fingerprint density at radius 2 is 2.00 bits per heavy atom. The van der Waals surface area contributed by atoms with Crippen LogP contribution in [0.4, 0.5) is 0 Å². The molecule has 0 spiro atoms. The number of carbonyl (C=O) groups is 1. The number of hydrogen-bond donors (Lipinski definition) is 4. The number of carboxylic acids is 1. The summed E-state index contributed by atoms with van der Waals surface area (Å²) in [6.07, 6.45) is -1.23. The van der Waals surface area contributed by atoms with Crippen molar-refractivity contribution in [3.63, 3.8) is 0 Å². The molecule has 0 fully saturated rings. The monoisotopic (exact) mass is 199 g/mol. The molecule has 0 aliphatic carbocycles. The van der Waals surface area contributed by atoms with Gasteiger partial charge in [0.1, 0.15) is 6.04 Å². The van der Waals surface area contributed by atoms with E-state index in [4.69, 9.17) is 20.6 Å². The quantitative estimate of drug-likeness (QED) is 0.422. The predicted octanol–water partition coefficient (Wildman–Crippen LogP) is -1.10. The standard InChI is InChI=1S/C4H10NO6P/c1-2(3(5)4(6)7)11-12(8,9)10/h2-3H,5H2,1H3,(H,6,7)(H2,8,9,10)/t2?,3-/m1/s1. The summed E-state index contributed by atoms with van der Waals surface area (Å²) >= 11 is 0. The summed E-state index contributed by atoms with van der Waals surface area (Å²) in [5.41, 5.74) is 5.00. The van der Waals surface area contributed by atoms with Crippen molar-refractivity contribution < 1.29 is 28.8 Å². The van der Waals surface area contributed by atoms with Crippen LogP contribution in [0.15, 0.2) is 0 Å².